The van der Waals surface area contributed by atoms with E-state index in [1.54, 1.807) is 32.0 Å². The van der Waals surface area contributed by atoms with Gasteiger partial charge in [-0.05, 0) is 38.5 Å². The van der Waals surface area contributed by atoms with E-state index in [1.165, 1.54) is 0 Å². The molecule has 0 aromatic heterocycles. The van der Waals surface area contributed by atoms with Crippen LogP contribution in [0.1, 0.15) is 29.8 Å². The van der Waals surface area contributed by atoms with E-state index in [9.17, 15) is 9.59 Å². The van der Waals surface area contributed by atoms with Gasteiger partial charge < -0.3 is 15.8 Å². The fourth-order valence-electron chi connectivity index (χ4n) is 1.48. The zero-order valence-electron chi connectivity index (χ0n) is 10.8. The molecule has 1 aromatic carbocycles. The average molecular weight is 250 g/mol. The van der Waals surface area contributed by atoms with Gasteiger partial charge in [-0.2, -0.15) is 0 Å². The van der Waals surface area contributed by atoms with E-state index in [-0.39, 0.29) is 12.5 Å². The molecule has 0 fully saturated rings. The van der Waals surface area contributed by atoms with Gasteiger partial charge in [0, 0.05) is 11.3 Å². The number of carbonyl (C=O) groups is 2. The first-order chi connectivity index (χ1) is 8.45. The Kier molecular flexibility index (Phi) is 4.71. The minimum absolute atomic E-state index is 0.288. The van der Waals surface area contributed by atoms with Crippen LogP contribution in [0.4, 0.5) is 5.69 Å². The van der Waals surface area contributed by atoms with Gasteiger partial charge in [0.1, 0.15) is 6.04 Å². The molecule has 0 spiro atoms. The van der Waals surface area contributed by atoms with E-state index in [2.05, 4.69) is 5.32 Å². The van der Waals surface area contributed by atoms with E-state index >= 15 is 0 Å². The lowest BCUT2D eigenvalue weighted by molar-refractivity contribution is -0.144. The summed E-state index contributed by atoms with van der Waals surface area (Å²) in [7, 11) is 0. The zero-order valence-corrected chi connectivity index (χ0v) is 10.8. The van der Waals surface area contributed by atoms with Gasteiger partial charge in [-0.3, -0.25) is 4.79 Å². The lowest BCUT2D eigenvalue weighted by Gasteiger charge is -2.13. The molecule has 3 N–H and O–H groups in total. The van der Waals surface area contributed by atoms with Crippen molar-refractivity contribution in [2.24, 2.45) is 0 Å². The predicted octanol–water partition coefficient (Wildman–Crippen LogP) is 1.26. The number of benzene rings is 1. The Bertz CT molecular complexity index is 458. The minimum Gasteiger partial charge on any atom is -0.464 e. The quantitative estimate of drug-likeness (QED) is 0.622. The first-order valence-electron chi connectivity index (χ1n) is 5.79. The third-order valence-corrected chi connectivity index (χ3v) is 2.49. The number of nitrogens with two attached hydrogens (primary N) is 1. The van der Waals surface area contributed by atoms with Crippen molar-refractivity contribution in [3.05, 3.63) is 29.3 Å². The summed E-state index contributed by atoms with van der Waals surface area (Å²) in [5.74, 6) is -0.784. The van der Waals surface area contributed by atoms with Crippen LogP contribution in [0.25, 0.3) is 0 Å². The Balaban J connectivity index is 2.76. The van der Waals surface area contributed by atoms with Gasteiger partial charge >= 0.3 is 5.97 Å². The Morgan fingerprint density at radius 1 is 1.44 bits per heavy atom. The van der Waals surface area contributed by atoms with Crippen LogP contribution in [0.15, 0.2) is 18.2 Å². The molecule has 0 radical (unpaired) electrons. The number of hydrogen-bond donors (Lipinski definition) is 2. The number of ether oxygens (including phenoxy) is 1. The van der Waals surface area contributed by atoms with Crippen molar-refractivity contribution in [1.82, 2.24) is 5.32 Å². The van der Waals surface area contributed by atoms with Crippen LogP contribution in [-0.2, 0) is 9.53 Å². The number of hydrogen-bond acceptors (Lipinski definition) is 4. The molecule has 0 heterocycles. The zero-order chi connectivity index (χ0) is 13.7. The number of nitrogen functional groups attached to an aromatic ring is 1. The lowest BCUT2D eigenvalue weighted by atomic mass is 10.1. The molecule has 0 aliphatic rings. The Labute approximate surface area is 106 Å². The van der Waals surface area contributed by atoms with Crippen LogP contribution in [0.5, 0.6) is 0 Å². The van der Waals surface area contributed by atoms with Crippen molar-refractivity contribution in [1.29, 1.82) is 0 Å². The number of esters is 1. The largest absolute Gasteiger partial charge is 0.464 e. The van der Waals surface area contributed by atoms with E-state index in [1.807, 2.05) is 6.92 Å². The summed E-state index contributed by atoms with van der Waals surface area (Å²) in [6.45, 7) is 5.39. The standard InChI is InChI=1S/C13H18N2O3/c1-4-18-13(17)9(3)15-12(16)11-7-10(14)6-5-8(11)2/h5-7,9H,4,14H2,1-3H3,(H,15,16). The highest BCUT2D eigenvalue weighted by molar-refractivity contribution is 5.98. The van der Waals surface area contributed by atoms with Crippen molar-refractivity contribution in [3.8, 4) is 0 Å². The molecule has 1 unspecified atom stereocenters. The van der Waals surface area contributed by atoms with E-state index in [0.29, 0.717) is 11.3 Å². The Morgan fingerprint density at radius 2 is 2.11 bits per heavy atom. The lowest BCUT2D eigenvalue weighted by Crippen LogP contribution is -2.39. The molecule has 0 bridgehead atoms. The van der Waals surface area contributed by atoms with Crippen LogP contribution in [-0.4, -0.2) is 24.5 Å². The Hall–Kier alpha value is -2.04. The summed E-state index contributed by atoms with van der Waals surface area (Å²) in [5, 5.41) is 2.58. The van der Waals surface area contributed by atoms with Gasteiger partial charge in [0.2, 0.25) is 0 Å². The summed E-state index contributed by atoms with van der Waals surface area (Å²) in [6, 6.07) is 4.39. The highest BCUT2D eigenvalue weighted by atomic mass is 16.5. The number of carbonyl (C=O) groups excluding carboxylic acids is 2. The average Bonchev–Trinajstić information content (AvgIpc) is 2.32. The van der Waals surface area contributed by atoms with Gasteiger partial charge in [0.25, 0.3) is 5.91 Å². The fraction of sp³-hybridized carbons (Fsp3) is 0.385. The molecular formula is C13H18N2O3. The van der Waals surface area contributed by atoms with Crippen molar-refractivity contribution in [3.63, 3.8) is 0 Å². The summed E-state index contributed by atoms with van der Waals surface area (Å²) >= 11 is 0. The molecule has 5 nitrogen and oxygen atoms in total. The second kappa shape index (κ2) is 6.05. The summed E-state index contributed by atoms with van der Waals surface area (Å²) in [6.07, 6.45) is 0. The van der Waals surface area contributed by atoms with Crippen LogP contribution in [0.2, 0.25) is 0 Å². The third-order valence-electron chi connectivity index (χ3n) is 2.49. The molecule has 1 atom stereocenters. The Morgan fingerprint density at radius 3 is 2.72 bits per heavy atom. The van der Waals surface area contributed by atoms with Crippen LogP contribution >= 0.6 is 0 Å². The molecule has 1 rings (SSSR count). The highest BCUT2D eigenvalue weighted by Crippen LogP contribution is 2.12. The molecule has 0 aliphatic heterocycles. The van der Waals surface area contributed by atoms with Crippen molar-refractivity contribution < 1.29 is 14.3 Å². The maximum atomic E-state index is 12.0. The highest BCUT2D eigenvalue weighted by Gasteiger charge is 2.18. The molecule has 98 valence electrons. The minimum atomic E-state index is -0.682. The third kappa shape index (κ3) is 3.48. The second-order valence-corrected chi connectivity index (χ2v) is 4.02. The van der Waals surface area contributed by atoms with E-state index in [4.69, 9.17) is 10.5 Å². The van der Waals surface area contributed by atoms with Crippen LogP contribution in [0, 0.1) is 6.92 Å². The summed E-state index contributed by atoms with van der Waals surface area (Å²) in [5.41, 5.74) is 7.41. The predicted molar refractivity (Wildman–Crippen MR) is 69.2 cm³/mol. The van der Waals surface area contributed by atoms with Gasteiger partial charge in [-0.15, -0.1) is 0 Å². The first kappa shape index (κ1) is 14.0. The smallest absolute Gasteiger partial charge is 0.328 e. The number of rotatable bonds is 4. The normalized spacial score (nSPS) is 11.7. The maximum absolute atomic E-state index is 12.0. The molecule has 0 saturated carbocycles. The van der Waals surface area contributed by atoms with Crippen LogP contribution in [0.3, 0.4) is 0 Å². The summed E-state index contributed by atoms with van der Waals surface area (Å²) in [4.78, 5) is 23.4. The molecule has 5 heteroatoms. The molecule has 0 aliphatic carbocycles. The van der Waals surface area contributed by atoms with Crippen molar-refractivity contribution >= 4 is 17.6 Å². The van der Waals surface area contributed by atoms with Gasteiger partial charge in [-0.1, -0.05) is 6.07 Å². The van der Waals surface area contributed by atoms with E-state index < -0.39 is 12.0 Å². The number of aryl methyl sites for hydroxylation is 1. The molecular weight excluding hydrogens is 232 g/mol. The first-order valence-corrected chi connectivity index (χ1v) is 5.79. The van der Waals surface area contributed by atoms with Crippen LogP contribution < -0.4 is 11.1 Å². The summed E-state index contributed by atoms with van der Waals surface area (Å²) < 4.78 is 4.82. The monoisotopic (exact) mass is 250 g/mol. The molecule has 0 saturated heterocycles. The molecule has 1 aromatic rings. The topological polar surface area (TPSA) is 81.4 Å². The molecule has 18 heavy (non-hydrogen) atoms. The van der Waals surface area contributed by atoms with Gasteiger partial charge in [0.05, 0.1) is 6.61 Å². The number of nitrogens with one attached hydrogen (secondary N) is 1. The molecule has 1 amide bonds. The maximum Gasteiger partial charge on any atom is 0.328 e. The fourth-order valence-corrected chi connectivity index (χ4v) is 1.48. The second-order valence-electron chi connectivity index (χ2n) is 4.02. The van der Waals surface area contributed by atoms with Crippen molar-refractivity contribution in [2.75, 3.05) is 12.3 Å². The van der Waals surface area contributed by atoms with Gasteiger partial charge in [-0.25, -0.2) is 4.79 Å². The SMILES string of the molecule is CCOC(=O)C(C)NC(=O)c1cc(N)ccc1C. The number of anilines is 1. The van der Waals surface area contributed by atoms with Gasteiger partial charge in [0.15, 0.2) is 0 Å². The van der Waals surface area contributed by atoms with Crippen molar-refractivity contribution in [2.45, 2.75) is 26.8 Å². The number of amides is 1. The van der Waals surface area contributed by atoms with E-state index in [0.717, 1.165) is 5.56 Å².